The molecule has 2 aromatic rings. The maximum absolute atomic E-state index is 13.2. The van der Waals surface area contributed by atoms with Crippen LogP contribution in [0.15, 0.2) is 39.6 Å². The topological polar surface area (TPSA) is 99.9 Å². The highest BCUT2D eigenvalue weighted by atomic mass is 32.2. The summed E-state index contributed by atoms with van der Waals surface area (Å²) in [5.74, 6) is 0.730. The number of furan rings is 1. The van der Waals surface area contributed by atoms with Crippen molar-refractivity contribution in [3.05, 3.63) is 53.0 Å². The van der Waals surface area contributed by atoms with Gasteiger partial charge in [-0.1, -0.05) is 6.07 Å². The van der Waals surface area contributed by atoms with E-state index in [2.05, 4.69) is 5.32 Å². The minimum Gasteiger partial charge on any atom is -0.456 e. The van der Waals surface area contributed by atoms with E-state index in [1.54, 1.807) is 25.1 Å². The van der Waals surface area contributed by atoms with Gasteiger partial charge in [0.2, 0.25) is 15.9 Å². The molecule has 3 aliphatic rings. The molecule has 0 atom stereocenters. The highest BCUT2D eigenvalue weighted by molar-refractivity contribution is 7.89. The van der Waals surface area contributed by atoms with E-state index < -0.39 is 10.0 Å². The normalized spacial score (nSPS) is 20.1. The Hall–Kier alpha value is -2.65. The Morgan fingerprint density at radius 2 is 1.66 bits per heavy atom. The first-order valence-corrected chi connectivity index (χ1v) is 14.0. The number of fused-ring (bicyclic) bond motifs is 1. The molecule has 0 bridgehead atoms. The number of aryl methyl sites for hydroxylation is 3. The second-order valence-electron chi connectivity index (χ2n) is 9.95. The molecular weight excluding hydrogens is 466 g/mol. The van der Waals surface area contributed by atoms with Crippen LogP contribution in [0, 0.1) is 12.8 Å². The molecule has 1 N–H and O–H groups in total. The molecule has 1 aromatic carbocycles. The number of rotatable bonds is 5. The van der Waals surface area contributed by atoms with Crippen LogP contribution < -0.4 is 5.32 Å². The summed E-state index contributed by atoms with van der Waals surface area (Å²) in [5, 5.41) is 3.00. The summed E-state index contributed by atoms with van der Waals surface area (Å²) in [5.41, 5.74) is 2.41. The molecule has 188 valence electrons. The lowest BCUT2D eigenvalue weighted by atomic mass is 9.95. The number of amides is 2. The van der Waals surface area contributed by atoms with Gasteiger partial charge in [0.25, 0.3) is 5.91 Å². The first-order valence-electron chi connectivity index (χ1n) is 12.6. The van der Waals surface area contributed by atoms with E-state index in [0.29, 0.717) is 68.3 Å². The number of nitrogens with one attached hydrogen (secondary N) is 1. The molecule has 0 spiro atoms. The third kappa shape index (κ3) is 5.02. The van der Waals surface area contributed by atoms with E-state index in [4.69, 9.17) is 4.42 Å². The lowest BCUT2D eigenvalue weighted by Gasteiger charge is -2.37. The number of carbonyl (C=O) groups excluding carboxylic acids is 2. The van der Waals surface area contributed by atoms with Crippen molar-refractivity contribution in [3.63, 3.8) is 0 Å². The average Bonchev–Trinajstić information content (AvgIpc) is 3.52. The van der Waals surface area contributed by atoms with Crippen LogP contribution in [0.4, 0.5) is 0 Å². The van der Waals surface area contributed by atoms with E-state index >= 15 is 0 Å². The predicted octanol–water partition coefficient (Wildman–Crippen LogP) is 2.90. The fraction of sp³-hybridized carbons (Fsp3) is 0.538. The molecule has 2 aliphatic heterocycles. The zero-order valence-electron chi connectivity index (χ0n) is 20.2. The summed E-state index contributed by atoms with van der Waals surface area (Å²) in [6, 6.07) is 8.96. The number of nitrogens with zero attached hydrogens (tertiary/aromatic N) is 2. The van der Waals surface area contributed by atoms with Crippen LogP contribution >= 0.6 is 0 Å². The Morgan fingerprint density at radius 1 is 0.943 bits per heavy atom. The molecule has 35 heavy (non-hydrogen) atoms. The quantitative estimate of drug-likeness (QED) is 0.682. The van der Waals surface area contributed by atoms with Crippen LogP contribution in [0.5, 0.6) is 0 Å². The largest absolute Gasteiger partial charge is 0.456 e. The SMILES string of the molecule is Cc1ccc(C(=O)NC2CCN(C(=O)C3CCN(S(=O)(=O)c4ccc5c(c4)CCC5)CC3)CC2)o1. The summed E-state index contributed by atoms with van der Waals surface area (Å²) >= 11 is 0. The number of carbonyl (C=O) groups is 2. The van der Waals surface area contributed by atoms with Gasteiger partial charge >= 0.3 is 0 Å². The smallest absolute Gasteiger partial charge is 0.287 e. The van der Waals surface area contributed by atoms with Crippen molar-refractivity contribution in [1.29, 1.82) is 0 Å². The molecule has 8 nitrogen and oxygen atoms in total. The number of benzene rings is 1. The number of piperidine rings is 2. The Balaban J connectivity index is 1.11. The van der Waals surface area contributed by atoms with Crippen LogP contribution in [0.1, 0.15) is 59.5 Å². The molecule has 5 rings (SSSR count). The second-order valence-corrected chi connectivity index (χ2v) is 11.9. The van der Waals surface area contributed by atoms with Crippen LogP contribution in [-0.2, 0) is 27.7 Å². The van der Waals surface area contributed by atoms with Gasteiger partial charge in [-0.3, -0.25) is 9.59 Å². The van der Waals surface area contributed by atoms with Crippen LogP contribution in [0.3, 0.4) is 0 Å². The first kappa shape index (κ1) is 24.1. The van der Waals surface area contributed by atoms with Crippen LogP contribution in [0.2, 0.25) is 0 Å². The Morgan fingerprint density at radius 3 is 2.34 bits per heavy atom. The highest BCUT2D eigenvalue weighted by Crippen LogP contribution is 2.29. The summed E-state index contributed by atoms with van der Waals surface area (Å²) in [6.45, 7) is 3.72. The van der Waals surface area contributed by atoms with Gasteiger partial charge in [0.15, 0.2) is 5.76 Å². The minimum atomic E-state index is -3.54. The molecule has 0 unspecified atom stereocenters. The lowest BCUT2D eigenvalue weighted by Crippen LogP contribution is -2.49. The van der Waals surface area contributed by atoms with Crippen molar-refractivity contribution in [2.24, 2.45) is 5.92 Å². The molecule has 2 amide bonds. The number of likely N-dealkylation sites (tertiary alicyclic amines) is 1. The van der Waals surface area contributed by atoms with Crippen molar-refractivity contribution in [2.45, 2.75) is 62.8 Å². The maximum atomic E-state index is 13.2. The summed E-state index contributed by atoms with van der Waals surface area (Å²) in [7, 11) is -3.54. The molecule has 0 radical (unpaired) electrons. The monoisotopic (exact) mass is 499 g/mol. The third-order valence-corrected chi connectivity index (χ3v) is 9.51. The Bertz CT molecular complexity index is 1210. The van der Waals surface area contributed by atoms with Crippen molar-refractivity contribution >= 4 is 21.8 Å². The molecule has 1 aromatic heterocycles. The number of hydrogen-bond acceptors (Lipinski definition) is 5. The molecule has 3 heterocycles. The van der Waals surface area contributed by atoms with Gasteiger partial charge in [-0.25, -0.2) is 8.42 Å². The van der Waals surface area contributed by atoms with E-state index in [0.717, 1.165) is 24.8 Å². The standard InChI is InChI=1S/C26H33N3O5S/c1-18-5-8-24(34-18)25(30)27-22-11-13-28(14-12-22)26(31)20-9-15-29(16-10-20)35(32,33)23-7-6-19-3-2-4-21(19)17-23/h5-8,17,20,22H,2-4,9-16H2,1H3,(H,27,30). The zero-order chi connectivity index (χ0) is 24.6. The molecule has 1 aliphatic carbocycles. The minimum absolute atomic E-state index is 0.0104. The van der Waals surface area contributed by atoms with Crippen molar-refractivity contribution in [2.75, 3.05) is 26.2 Å². The number of hydrogen-bond donors (Lipinski definition) is 1. The summed E-state index contributed by atoms with van der Waals surface area (Å²) in [6.07, 6.45) is 5.52. The highest BCUT2D eigenvalue weighted by Gasteiger charge is 2.35. The van der Waals surface area contributed by atoms with Crippen molar-refractivity contribution < 1.29 is 22.4 Å². The third-order valence-electron chi connectivity index (χ3n) is 7.62. The van der Waals surface area contributed by atoms with Gasteiger partial charge in [0.05, 0.1) is 4.90 Å². The average molecular weight is 500 g/mol. The summed E-state index contributed by atoms with van der Waals surface area (Å²) in [4.78, 5) is 27.7. The van der Waals surface area contributed by atoms with Crippen LogP contribution in [0.25, 0.3) is 0 Å². The van der Waals surface area contributed by atoms with Gasteiger partial charge in [0.1, 0.15) is 5.76 Å². The molecule has 9 heteroatoms. The van der Waals surface area contributed by atoms with Crippen molar-refractivity contribution in [1.82, 2.24) is 14.5 Å². The van der Waals surface area contributed by atoms with Gasteiger partial charge in [-0.15, -0.1) is 0 Å². The fourth-order valence-corrected chi connectivity index (χ4v) is 7.04. The predicted molar refractivity (Wildman–Crippen MR) is 130 cm³/mol. The Labute approximate surface area is 206 Å². The van der Waals surface area contributed by atoms with Crippen molar-refractivity contribution in [3.8, 4) is 0 Å². The van der Waals surface area contributed by atoms with E-state index in [-0.39, 0.29) is 23.8 Å². The fourth-order valence-electron chi connectivity index (χ4n) is 5.52. The molecule has 2 saturated heterocycles. The van der Waals surface area contributed by atoms with Gasteiger partial charge < -0.3 is 14.6 Å². The Kier molecular flexibility index (Phi) is 6.72. The second kappa shape index (κ2) is 9.78. The van der Waals surface area contributed by atoms with E-state index in [9.17, 15) is 18.0 Å². The van der Waals surface area contributed by atoms with E-state index in [1.165, 1.54) is 9.87 Å². The molecular formula is C26H33N3O5S. The summed E-state index contributed by atoms with van der Waals surface area (Å²) < 4.78 is 33.3. The number of sulfonamides is 1. The van der Waals surface area contributed by atoms with Gasteiger partial charge in [-0.05, 0) is 87.3 Å². The lowest BCUT2D eigenvalue weighted by molar-refractivity contribution is -0.137. The zero-order valence-corrected chi connectivity index (χ0v) is 21.0. The maximum Gasteiger partial charge on any atom is 0.287 e. The van der Waals surface area contributed by atoms with Gasteiger partial charge in [-0.2, -0.15) is 4.31 Å². The van der Waals surface area contributed by atoms with Gasteiger partial charge in [0, 0.05) is 38.1 Å². The molecule has 2 fully saturated rings. The van der Waals surface area contributed by atoms with Crippen LogP contribution in [-0.4, -0.2) is 61.7 Å². The first-order chi connectivity index (χ1) is 16.8. The molecule has 0 saturated carbocycles. The van der Waals surface area contributed by atoms with E-state index in [1.807, 2.05) is 17.0 Å².